The molecule has 0 fully saturated rings. The van der Waals surface area contributed by atoms with E-state index in [9.17, 15) is 13.2 Å². The molecule has 0 aliphatic heterocycles. The average molecular weight is 366 g/mol. The van der Waals surface area contributed by atoms with Crippen molar-refractivity contribution >= 4 is 44.2 Å². The Balaban J connectivity index is 2.51. The molecule has 0 saturated carbocycles. The standard InChI is InChI=1S/C11H5BrClF3N4/c1-4-9-19-18-8-6(13)2-5(11(14,15)16)3-7(8)20(9)10(12)17-4/h2-3H,1H3. The number of benzene rings is 1. The predicted molar refractivity (Wildman–Crippen MR) is 70.7 cm³/mol. The van der Waals surface area contributed by atoms with Gasteiger partial charge in [-0.25, -0.2) is 4.98 Å². The van der Waals surface area contributed by atoms with Gasteiger partial charge in [0, 0.05) is 0 Å². The van der Waals surface area contributed by atoms with Crippen molar-refractivity contribution in [1.29, 1.82) is 0 Å². The maximum absolute atomic E-state index is 12.9. The van der Waals surface area contributed by atoms with Gasteiger partial charge in [-0.1, -0.05) is 11.6 Å². The third-order valence-corrected chi connectivity index (χ3v) is 3.66. The van der Waals surface area contributed by atoms with E-state index in [1.165, 1.54) is 4.40 Å². The predicted octanol–water partition coefficient (Wildman–Crippen LogP) is 4.02. The Hall–Kier alpha value is -1.41. The molecule has 0 N–H and O–H groups in total. The number of halogens is 5. The quantitative estimate of drug-likeness (QED) is 0.604. The second kappa shape index (κ2) is 4.29. The molecule has 104 valence electrons. The van der Waals surface area contributed by atoms with Crippen molar-refractivity contribution in [2.45, 2.75) is 13.1 Å². The number of hydrogen-bond acceptors (Lipinski definition) is 3. The number of rotatable bonds is 0. The molecule has 0 atom stereocenters. The Morgan fingerprint density at radius 1 is 1.25 bits per heavy atom. The van der Waals surface area contributed by atoms with Crippen molar-refractivity contribution in [2.75, 3.05) is 0 Å². The lowest BCUT2D eigenvalue weighted by molar-refractivity contribution is -0.137. The number of aromatic nitrogens is 4. The van der Waals surface area contributed by atoms with Gasteiger partial charge in [-0.15, -0.1) is 10.2 Å². The van der Waals surface area contributed by atoms with Gasteiger partial charge in [0.1, 0.15) is 5.52 Å². The van der Waals surface area contributed by atoms with Crippen LogP contribution in [-0.2, 0) is 6.18 Å². The minimum absolute atomic E-state index is 0.109. The first kappa shape index (κ1) is 13.6. The lowest BCUT2D eigenvalue weighted by Crippen LogP contribution is -2.06. The molecule has 4 nitrogen and oxygen atoms in total. The largest absolute Gasteiger partial charge is 0.416 e. The molecule has 0 saturated heterocycles. The fourth-order valence-electron chi connectivity index (χ4n) is 1.93. The second-order valence-electron chi connectivity index (χ2n) is 4.15. The van der Waals surface area contributed by atoms with Gasteiger partial charge in [-0.05, 0) is 35.0 Å². The summed E-state index contributed by atoms with van der Waals surface area (Å²) in [4.78, 5) is 4.11. The maximum atomic E-state index is 12.9. The first-order chi connectivity index (χ1) is 9.29. The molecule has 1 aromatic carbocycles. The van der Waals surface area contributed by atoms with Crippen LogP contribution in [0.3, 0.4) is 0 Å². The molecule has 0 amide bonds. The Bertz CT molecular complexity index is 843. The Kier molecular flexibility index (Phi) is 2.91. The normalized spacial score (nSPS) is 12.5. The van der Waals surface area contributed by atoms with Gasteiger partial charge in [0.2, 0.25) is 0 Å². The van der Waals surface area contributed by atoms with Crippen molar-refractivity contribution in [2.24, 2.45) is 0 Å². The van der Waals surface area contributed by atoms with Crippen LogP contribution in [0.4, 0.5) is 13.2 Å². The van der Waals surface area contributed by atoms with Gasteiger partial charge in [-0.3, -0.25) is 4.40 Å². The molecule has 20 heavy (non-hydrogen) atoms. The molecule has 0 unspecified atom stereocenters. The average Bonchev–Trinajstić information content (AvgIpc) is 2.64. The minimum atomic E-state index is -4.49. The van der Waals surface area contributed by atoms with E-state index in [2.05, 4.69) is 31.1 Å². The highest BCUT2D eigenvalue weighted by Gasteiger charge is 2.32. The molecule has 3 rings (SSSR count). The molecular formula is C11H5BrClF3N4. The summed E-state index contributed by atoms with van der Waals surface area (Å²) >= 11 is 9.07. The molecule has 3 aromatic rings. The Labute approximate surface area is 123 Å². The summed E-state index contributed by atoms with van der Waals surface area (Å²) in [5.74, 6) is 0. The molecule has 2 aromatic heterocycles. The zero-order valence-corrected chi connectivity index (χ0v) is 12.2. The van der Waals surface area contributed by atoms with Gasteiger partial charge in [0.25, 0.3) is 0 Å². The van der Waals surface area contributed by atoms with Crippen LogP contribution in [-0.4, -0.2) is 19.6 Å². The topological polar surface area (TPSA) is 43.1 Å². The first-order valence-corrected chi connectivity index (χ1v) is 6.54. The number of imidazole rings is 1. The van der Waals surface area contributed by atoms with Crippen molar-refractivity contribution in [3.8, 4) is 0 Å². The van der Waals surface area contributed by atoms with Crippen molar-refractivity contribution in [1.82, 2.24) is 19.6 Å². The minimum Gasteiger partial charge on any atom is -0.268 e. The van der Waals surface area contributed by atoms with E-state index in [0.29, 0.717) is 16.1 Å². The second-order valence-corrected chi connectivity index (χ2v) is 5.27. The lowest BCUT2D eigenvalue weighted by Gasteiger charge is -2.10. The smallest absolute Gasteiger partial charge is 0.268 e. The third-order valence-electron chi connectivity index (χ3n) is 2.84. The maximum Gasteiger partial charge on any atom is 0.416 e. The molecular weight excluding hydrogens is 361 g/mol. The highest BCUT2D eigenvalue weighted by atomic mass is 79.9. The summed E-state index contributed by atoms with van der Waals surface area (Å²) < 4.78 is 40.4. The molecule has 0 aliphatic rings. The number of alkyl halides is 3. The number of aryl methyl sites for hydroxylation is 1. The van der Waals surface area contributed by atoms with E-state index in [1.807, 2.05) is 0 Å². The van der Waals surface area contributed by atoms with E-state index >= 15 is 0 Å². The molecule has 2 heterocycles. The monoisotopic (exact) mass is 364 g/mol. The fraction of sp³-hybridized carbons (Fsp3) is 0.182. The van der Waals surface area contributed by atoms with Crippen molar-refractivity contribution in [3.05, 3.63) is 33.1 Å². The fourth-order valence-corrected chi connectivity index (χ4v) is 2.81. The van der Waals surface area contributed by atoms with E-state index < -0.39 is 11.7 Å². The van der Waals surface area contributed by atoms with Gasteiger partial charge < -0.3 is 0 Å². The van der Waals surface area contributed by atoms with Crippen LogP contribution in [0.1, 0.15) is 11.3 Å². The number of hydrogen-bond donors (Lipinski definition) is 0. The molecule has 0 bridgehead atoms. The van der Waals surface area contributed by atoms with Gasteiger partial charge in [0.15, 0.2) is 10.4 Å². The lowest BCUT2D eigenvalue weighted by atomic mass is 10.2. The number of fused-ring (bicyclic) bond motifs is 3. The SMILES string of the molecule is Cc1nc(Br)n2c1nnc1c(Cl)cc(C(F)(F)F)cc12. The van der Waals surface area contributed by atoms with Gasteiger partial charge >= 0.3 is 6.18 Å². The van der Waals surface area contributed by atoms with Crippen LogP contribution < -0.4 is 0 Å². The Morgan fingerprint density at radius 2 is 1.95 bits per heavy atom. The summed E-state index contributed by atoms with van der Waals surface area (Å²) in [6, 6.07) is 1.82. The zero-order chi connectivity index (χ0) is 14.7. The van der Waals surface area contributed by atoms with Crippen molar-refractivity contribution < 1.29 is 13.2 Å². The van der Waals surface area contributed by atoms with Crippen LogP contribution in [0.5, 0.6) is 0 Å². The summed E-state index contributed by atoms with van der Waals surface area (Å²) in [5, 5.41) is 7.70. The first-order valence-electron chi connectivity index (χ1n) is 5.36. The summed E-state index contributed by atoms with van der Waals surface area (Å²) in [7, 11) is 0. The molecule has 9 heteroatoms. The van der Waals surface area contributed by atoms with E-state index in [-0.39, 0.29) is 16.1 Å². The summed E-state index contributed by atoms with van der Waals surface area (Å²) in [6.45, 7) is 1.69. The van der Waals surface area contributed by atoms with Crippen LogP contribution in [0, 0.1) is 6.92 Å². The van der Waals surface area contributed by atoms with Crippen molar-refractivity contribution in [3.63, 3.8) is 0 Å². The van der Waals surface area contributed by atoms with E-state index in [1.54, 1.807) is 6.92 Å². The molecule has 0 radical (unpaired) electrons. The molecule has 0 spiro atoms. The van der Waals surface area contributed by atoms with E-state index in [4.69, 9.17) is 11.6 Å². The van der Waals surface area contributed by atoms with Crippen LogP contribution >= 0.6 is 27.5 Å². The van der Waals surface area contributed by atoms with Crippen LogP contribution in [0.15, 0.2) is 16.9 Å². The zero-order valence-electron chi connectivity index (χ0n) is 9.83. The van der Waals surface area contributed by atoms with Gasteiger partial charge in [-0.2, -0.15) is 13.2 Å². The summed E-state index contributed by atoms with van der Waals surface area (Å²) in [6.07, 6.45) is -4.49. The summed E-state index contributed by atoms with van der Waals surface area (Å²) in [5.41, 5.74) is 0.467. The van der Waals surface area contributed by atoms with Gasteiger partial charge in [0.05, 0.1) is 21.8 Å². The number of nitrogens with zero attached hydrogens (tertiary/aromatic N) is 4. The van der Waals surface area contributed by atoms with E-state index in [0.717, 1.165) is 12.1 Å². The highest BCUT2D eigenvalue weighted by molar-refractivity contribution is 9.10. The van der Waals surface area contributed by atoms with Crippen LogP contribution in [0.25, 0.3) is 16.7 Å². The third kappa shape index (κ3) is 1.94. The Morgan fingerprint density at radius 3 is 2.60 bits per heavy atom. The molecule has 0 aliphatic carbocycles. The van der Waals surface area contributed by atoms with Crippen LogP contribution in [0.2, 0.25) is 5.02 Å². The highest BCUT2D eigenvalue weighted by Crippen LogP contribution is 2.35.